The van der Waals surface area contributed by atoms with Crippen LogP contribution in [0.15, 0.2) is 24.3 Å². The van der Waals surface area contributed by atoms with Crippen LogP contribution in [0.5, 0.6) is 0 Å². The van der Waals surface area contributed by atoms with Crippen LogP contribution in [-0.4, -0.2) is 24.4 Å². The Bertz CT molecular complexity index is 567. The van der Waals surface area contributed by atoms with Gasteiger partial charge in [-0.05, 0) is 50.4 Å². The zero-order valence-corrected chi connectivity index (χ0v) is 14.7. The Morgan fingerprint density at radius 1 is 0.917 bits per heavy atom. The fourth-order valence-electron chi connectivity index (χ4n) is 3.42. The van der Waals surface area contributed by atoms with Crippen molar-refractivity contribution in [1.82, 2.24) is 5.32 Å². The Hall–Kier alpha value is -1.59. The van der Waals surface area contributed by atoms with Gasteiger partial charge in [0.15, 0.2) is 0 Å². The molecule has 1 unspecified atom stereocenters. The van der Waals surface area contributed by atoms with Crippen LogP contribution in [0.4, 0.5) is 11.4 Å². The summed E-state index contributed by atoms with van der Waals surface area (Å²) in [6.07, 6.45) is 7.40. The molecule has 1 atom stereocenters. The molecule has 1 heterocycles. The lowest BCUT2D eigenvalue weighted by molar-refractivity contribution is -0.120. The molecule has 3 N–H and O–H groups in total. The molecule has 2 fully saturated rings. The average Bonchev–Trinajstić information content (AvgIpc) is 3.10. The first-order valence-corrected chi connectivity index (χ1v) is 8.67. The lowest BCUT2D eigenvalue weighted by Crippen LogP contribution is -2.35. The second kappa shape index (κ2) is 9.04. The predicted octanol–water partition coefficient (Wildman–Crippen LogP) is 3.32. The van der Waals surface area contributed by atoms with Crippen molar-refractivity contribution >= 4 is 35.6 Å². The first kappa shape index (κ1) is 18.7. The SMILES string of the molecule is Cl.O=C(Nc1cccc(NC(=O)C2CCCN2)c1)C1CCCCC1. The molecule has 1 aromatic rings. The molecule has 0 bridgehead atoms. The lowest BCUT2D eigenvalue weighted by Gasteiger charge is -2.21. The second-order valence-corrected chi connectivity index (χ2v) is 6.54. The van der Waals surface area contributed by atoms with Crippen LogP contribution >= 0.6 is 12.4 Å². The molecule has 1 saturated carbocycles. The van der Waals surface area contributed by atoms with E-state index in [1.807, 2.05) is 24.3 Å². The highest BCUT2D eigenvalue weighted by Crippen LogP contribution is 2.25. The molecular formula is C18H26ClN3O2. The van der Waals surface area contributed by atoms with E-state index < -0.39 is 0 Å². The standard InChI is InChI=1S/C18H25N3O2.ClH/c22-17(13-6-2-1-3-7-13)20-14-8-4-9-15(12-14)21-18(23)16-10-5-11-19-16;/h4,8-9,12-13,16,19H,1-3,5-7,10-11H2,(H,20,22)(H,21,23);1H. The Morgan fingerprint density at radius 3 is 2.21 bits per heavy atom. The first-order chi connectivity index (χ1) is 11.2. The zero-order chi connectivity index (χ0) is 16.1. The van der Waals surface area contributed by atoms with Gasteiger partial charge in [-0.1, -0.05) is 25.3 Å². The molecule has 3 rings (SSSR count). The van der Waals surface area contributed by atoms with E-state index in [1.54, 1.807) is 0 Å². The highest BCUT2D eigenvalue weighted by molar-refractivity contribution is 5.97. The number of anilines is 2. The molecule has 2 amide bonds. The number of carbonyl (C=O) groups is 2. The Kier molecular flexibility index (Phi) is 7.06. The van der Waals surface area contributed by atoms with Crippen molar-refractivity contribution in [2.75, 3.05) is 17.2 Å². The van der Waals surface area contributed by atoms with Crippen molar-refractivity contribution < 1.29 is 9.59 Å². The summed E-state index contributed by atoms with van der Waals surface area (Å²) < 4.78 is 0. The Morgan fingerprint density at radius 2 is 1.58 bits per heavy atom. The molecule has 0 radical (unpaired) electrons. The van der Waals surface area contributed by atoms with Crippen LogP contribution in [-0.2, 0) is 9.59 Å². The highest BCUT2D eigenvalue weighted by atomic mass is 35.5. The van der Waals surface area contributed by atoms with E-state index in [-0.39, 0.29) is 36.2 Å². The van der Waals surface area contributed by atoms with E-state index in [9.17, 15) is 9.59 Å². The van der Waals surface area contributed by atoms with Crippen molar-refractivity contribution in [2.24, 2.45) is 5.92 Å². The number of halogens is 1. The molecule has 1 aromatic carbocycles. The van der Waals surface area contributed by atoms with Gasteiger partial charge >= 0.3 is 0 Å². The van der Waals surface area contributed by atoms with Crippen LogP contribution in [0.2, 0.25) is 0 Å². The molecule has 1 aliphatic carbocycles. The third kappa shape index (κ3) is 4.95. The summed E-state index contributed by atoms with van der Waals surface area (Å²) in [6.45, 7) is 0.898. The molecule has 24 heavy (non-hydrogen) atoms. The van der Waals surface area contributed by atoms with E-state index in [1.165, 1.54) is 6.42 Å². The Balaban J connectivity index is 0.00000208. The molecule has 0 aromatic heterocycles. The third-order valence-corrected chi connectivity index (χ3v) is 4.75. The number of rotatable bonds is 4. The van der Waals surface area contributed by atoms with E-state index in [4.69, 9.17) is 0 Å². The minimum absolute atomic E-state index is 0. The van der Waals surface area contributed by atoms with Crippen LogP contribution in [0.3, 0.4) is 0 Å². The van der Waals surface area contributed by atoms with Crippen LogP contribution in [0.25, 0.3) is 0 Å². The second-order valence-electron chi connectivity index (χ2n) is 6.54. The molecule has 1 aliphatic heterocycles. The summed E-state index contributed by atoms with van der Waals surface area (Å²) >= 11 is 0. The monoisotopic (exact) mass is 351 g/mol. The fourth-order valence-corrected chi connectivity index (χ4v) is 3.42. The number of carbonyl (C=O) groups excluding carboxylic acids is 2. The maximum absolute atomic E-state index is 12.3. The molecule has 2 aliphatic rings. The minimum atomic E-state index is -0.101. The summed E-state index contributed by atoms with van der Waals surface area (Å²) in [6, 6.07) is 7.30. The van der Waals surface area contributed by atoms with Crippen LogP contribution < -0.4 is 16.0 Å². The summed E-state index contributed by atoms with van der Waals surface area (Å²) in [5.41, 5.74) is 1.47. The first-order valence-electron chi connectivity index (χ1n) is 8.67. The molecule has 1 saturated heterocycles. The van der Waals surface area contributed by atoms with Gasteiger partial charge in [-0.25, -0.2) is 0 Å². The van der Waals surface area contributed by atoms with Gasteiger partial charge in [0.25, 0.3) is 0 Å². The van der Waals surface area contributed by atoms with Gasteiger partial charge < -0.3 is 16.0 Å². The van der Waals surface area contributed by atoms with E-state index in [0.29, 0.717) is 0 Å². The van der Waals surface area contributed by atoms with Crippen molar-refractivity contribution in [3.63, 3.8) is 0 Å². The number of amides is 2. The van der Waals surface area contributed by atoms with Gasteiger partial charge in [-0.15, -0.1) is 12.4 Å². The number of hydrogen-bond acceptors (Lipinski definition) is 3. The maximum atomic E-state index is 12.3. The maximum Gasteiger partial charge on any atom is 0.241 e. The molecule has 0 spiro atoms. The Labute approximate surface area is 149 Å². The topological polar surface area (TPSA) is 70.2 Å². The average molecular weight is 352 g/mol. The molecular weight excluding hydrogens is 326 g/mol. The van der Waals surface area contributed by atoms with Crippen molar-refractivity contribution in [3.8, 4) is 0 Å². The van der Waals surface area contributed by atoms with Crippen LogP contribution in [0.1, 0.15) is 44.9 Å². The smallest absolute Gasteiger partial charge is 0.241 e. The van der Waals surface area contributed by atoms with Gasteiger partial charge in [-0.2, -0.15) is 0 Å². The van der Waals surface area contributed by atoms with Gasteiger partial charge in [-0.3, -0.25) is 9.59 Å². The summed E-state index contributed by atoms with van der Waals surface area (Å²) in [5, 5.41) is 9.10. The number of benzene rings is 1. The molecule has 132 valence electrons. The van der Waals surface area contributed by atoms with Crippen LogP contribution in [0, 0.1) is 5.92 Å². The van der Waals surface area contributed by atoms with Crippen molar-refractivity contribution in [1.29, 1.82) is 0 Å². The van der Waals surface area contributed by atoms with E-state index in [0.717, 1.165) is 56.4 Å². The van der Waals surface area contributed by atoms with E-state index >= 15 is 0 Å². The zero-order valence-electron chi connectivity index (χ0n) is 13.8. The highest BCUT2D eigenvalue weighted by Gasteiger charge is 2.23. The van der Waals surface area contributed by atoms with Gasteiger partial charge in [0.2, 0.25) is 11.8 Å². The summed E-state index contributed by atoms with van der Waals surface area (Å²) in [4.78, 5) is 24.4. The minimum Gasteiger partial charge on any atom is -0.326 e. The quantitative estimate of drug-likeness (QED) is 0.779. The van der Waals surface area contributed by atoms with Gasteiger partial charge in [0.05, 0.1) is 6.04 Å². The van der Waals surface area contributed by atoms with E-state index in [2.05, 4.69) is 16.0 Å². The van der Waals surface area contributed by atoms with Crippen molar-refractivity contribution in [3.05, 3.63) is 24.3 Å². The summed E-state index contributed by atoms with van der Waals surface area (Å²) in [7, 11) is 0. The summed E-state index contributed by atoms with van der Waals surface area (Å²) in [5.74, 6) is 0.230. The lowest BCUT2D eigenvalue weighted by atomic mass is 9.88. The number of hydrogen-bond donors (Lipinski definition) is 3. The molecule has 5 nitrogen and oxygen atoms in total. The predicted molar refractivity (Wildman–Crippen MR) is 98.5 cm³/mol. The van der Waals surface area contributed by atoms with Crippen molar-refractivity contribution in [2.45, 2.75) is 51.0 Å². The number of nitrogens with one attached hydrogen (secondary N) is 3. The molecule has 6 heteroatoms. The van der Waals surface area contributed by atoms with Gasteiger partial charge in [0.1, 0.15) is 0 Å². The normalized spacial score (nSPS) is 20.9. The fraction of sp³-hybridized carbons (Fsp3) is 0.556. The van der Waals surface area contributed by atoms with Gasteiger partial charge in [0, 0.05) is 17.3 Å². The third-order valence-electron chi connectivity index (χ3n) is 4.75. The largest absolute Gasteiger partial charge is 0.326 e.